The molecule has 5 rings (SSSR count). The van der Waals surface area contributed by atoms with Gasteiger partial charge in [0.05, 0.1) is 0 Å². The molecule has 3 aromatic carbocycles. The first-order valence-corrected chi connectivity index (χ1v) is 11.0. The van der Waals surface area contributed by atoms with Crippen molar-refractivity contribution in [1.29, 1.82) is 0 Å². The second-order valence-electron chi connectivity index (χ2n) is 6.71. The van der Waals surface area contributed by atoms with Crippen molar-refractivity contribution >= 4 is 22.7 Å². The van der Waals surface area contributed by atoms with E-state index in [1.54, 1.807) is 22.7 Å². The molecular weight excluding hydrogens is 376 g/mol. The van der Waals surface area contributed by atoms with Crippen molar-refractivity contribution in [2.24, 2.45) is 0 Å². The van der Waals surface area contributed by atoms with E-state index in [1.807, 2.05) is 0 Å². The topological polar surface area (TPSA) is 0 Å². The molecule has 0 atom stereocenters. The fourth-order valence-corrected chi connectivity index (χ4v) is 5.20. The number of hydrogen-bond donors (Lipinski definition) is 0. The van der Waals surface area contributed by atoms with Gasteiger partial charge in [-0.15, -0.1) is 22.7 Å². The van der Waals surface area contributed by atoms with Gasteiger partial charge in [0.1, 0.15) is 0 Å². The van der Waals surface area contributed by atoms with Gasteiger partial charge >= 0.3 is 0 Å². The third-order valence-corrected chi connectivity index (χ3v) is 6.80. The van der Waals surface area contributed by atoms with Crippen LogP contribution in [0.25, 0.3) is 43.1 Å². The van der Waals surface area contributed by atoms with Crippen molar-refractivity contribution < 1.29 is 0 Å². The van der Waals surface area contributed by atoms with Crippen molar-refractivity contribution in [1.82, 2.24) is 0 Å². The van der Waals surface area contributed by atoms with Crippen LogP contribution in [0, 0.1) is 0 Å². The number of hydrogen-bond acceptors (Lipinski definition) is 2. The zero-order valence-corrected chi connectivity index (χ0v) is 16.8. The molecule has 0 aliphatic heterocycles. The lowest BCUT2D eigenvalue weighted by molar-refractivity contribution is 1.65. The zero-order valence-electron chi connectivity index (χ0n) is 15.2. The first-order valence-electron chi connectivity index (χ1n) is 9.25. The van der Waals surface area contributed by atoms with Gasteiger partial charge in [0.25, 0.3) is 0 Å². The van der Waals surface area contributed by atoms with Crippen LogP contribution in [0.5, 0.6) is 0 Å². The van der Waals surface area contributed by atoms with Gasteiger partial charge in [0.2, 0.25) is 0 Å². The average molecular weight is 395 g/mol. The zero-order chi connectivity index (χ0) is 18.8. The van der Waals surface area contributed by atoms with E-state index in [0.29, 0.717) is 0 Å². The highest BCUT2D eigenvalue weighted by Crippen LogP contribution is 2.37. The molecule has 0 saturated carbocycles. The summed E-state index contributed by atoms with van der Waals surface area (Å²) in [5.41, 5.74) is 7.67. The minimum atomic E-state index is 1.27. The van der Waals surface area contributed by atoms with E-state index < -0.39 is 0 Å². The van der Waals surface area contributed by atoms with E-state index in [-0.39, 0.29) is 0 Å². The lowest BCUT2D eigenvalue weighted by atomic mass is 10.0. The van der Waals surface area contributed by atoms with Crippen molar-refractivity contribution in [2.75, 3.05) is 0 Å². The molecule has 0 amide bonds. The fraction of sp³-hybridized carbons (Fsp3) is 0. The molecule has 0 N–H and O–H groups in total. The second kappa shape index (κ2) is 7.59. The van der Waals surface area contributed by atoms with Crippen LogP contribution >= 0.6 is 22.7 Å². The molecule has 2 heteroatoms. The van der Waals surface area contributed by atoms with Crippen LogP contribution in [0.15, 0.2) is 108 Å². The summed E-state index contributed by atoms with van der Waals surface area (Å²) in [6, 6.07) is 34.6. The maximum Gasteiger partial charge on any atom is 0.0349 e. The minimum absolute atomic E-state index is 1.27. The Morgan fingerprint density at radius 2 is 0.786 bits per heavy atom. The second-order valence-corrected chi connectivity index (χ2v) is 8.53. The van der Waals surface area contributed by atoms with Gasteiger partial charge in [-0.3, -0.25) is 0 Å². The average Bonchev–Trinajstić information content (AvgIpc) is 3.46. The summed E-state index contributed by atoms with van der Waals surface area (Å²) in [5, 5.41) is 4.49. The normalized spacial score (nSPS) is 10.9. The highest BCUT2D eigenvalue weighted by Gasteiger charge is 2.08. The summed E-state index contributed by atoms with van der Waals surface area (Å²) in [7, 11) is 0. The Hall–Kier alpha value is -2.94. The first kappa shape index (κ1) is 17.2. The largest absolute Gasteiger partial charge is 0.143 e. The van der Waals surface area contributed by atoms with E-state index >= 15 is 0 Å². The smallest absolute Gasteiger partial charge is 0.0349 e. The molecule has 2 heterocycles. The molecule has 5 aromatic rings. The summed E-state index contributed by atoms with van der Waals surface area (Å²) < 4.78 is 0. The Balaban J connectivity index is 1.46. The summed E-state index contributed by atoms with van der Waals surface area (Å²) in [5.74, 6) is 0. The lowest BCUT2D eigenvalue weighted by Crippen LogP contribution is -1.77. The van der Waals surface area contributed by atoms with Gasteiger partial charge in [-0.2, -0.15) is 0 Å². The molecule has 28 heavy (non-hydrogen) atoms. The van der Waals surface area contributed by atoms with Gasteiger partial charge in [-0.1, -0.05) is 78.9 Å². The Bertz CT molecular complexity index is 1100. The van der Waals surface area contributed by atoms with Crippen LogP contribution in [-0.4, -0.2) is 0 Å². The third kappa shape index (κ3) is 3.45. The molecule has 0 nitrogen and oxygen atoms in total. The maximum absolute atomic E-state index is 2.31. The predicted octanol–water partition coefficient (Wildman–Crippen LogP) is 8.48. The summed E-state index contributed by atoms with van der Waals surface area (Å²) in [4.78, 5) is 2.61. The fourth-order valence-electron chi connectivity index (χ4n) is 3.36. The van der Waals surface area contributed by atoms with Crippen LogP contribution in [0.2, 0.25) is 0 Å². The monoisotopic (exact) mass is 394 g/mol. The van der Waals surface area contributed by atoms with Gasteiger partial charge in [-0.05, 0) is 62.3 Å². The van der Waals surface area contributed by atoms with Gasteiger partial charge in [-0.25, -0.2) is 0 Å². The highest BCUT2D eigenvalue weighted by atomic mass is 32.1. The molecule has 0 fully saturated rings. The van der Waals surface area contributed by atoms with Crippen molar-refractivity contribution in [3.05, 3.63) is 108 Å². The van der Waals surface area contributed by atoms with E-state index in [0.717, 1.165) is 0 Å². The summed E-state index contributed by atoms with van der Waals surface area (Å²) in [6.45, 7) is 0. The Morgan fingerprint density at radius 3 is 1.25 bits per heavy atom. The molecule has 0 radical (unpaired) electrons. The highest BCUT2D eigenvalue weighted by molar-refractivity contribution is 7.14. The van der Waals surface area contributed by atoms with E-state index in [4.69, 9.17) is 0 Å². The molecule has 2 aromatic heterocycles. The van der Waals surface area contributed by atoms with E-state index in [2.05, 4.69) is 108 Å². The lowest BCUT2D eigenvalue weighted by Gasteiger charge is -2.02. The Labute approximate surface area is 173 Å². The molecule has 0 aliphatic carbocycles. The molecule has 134 valence electrons. The Morgan fingerprint density at radius 1 is 0.357 bits per heavy atom. The molecule has 0 unspecified atom stereocenters. The third-order valence-electron chi connectivity index (χ3n) is 4.84. The van der Waals surface area contributed by atoms with Gasteiger partial charge in [0, 0.05) is 9.75 Å². The molecule has 0 spiro atoms. The maximum atomic E-state index is 2.31. The van der Waals surface area contributed by atoms with Gasteiger partial charge in [0.15, 0.2) is 0 Å². The van der Waals surface area contributed by atoms with Crippen LogP contribution in [0.1, 0.15) is 0 Å². The Kier molecular flexibility index (Phi) is 4.66. The molecule has 0 bridgehead atoms. The first-order chi connectivity index (χ1) is 13.9. The van der Waals surface area contributed by atoms with Crippen LogP contribution < -0.4 is 0 Å². The van der Waals surface area contributed by atoms with Crippen LogP contribution in [0.3, 0.4) is 0 Å². The SMILES string of the molecule is c1ccc(-c2csc(-c3cccc(-c4cc(-c5ccccc5)cs4)c3)c2)cc1. The molecule has 0 saturated heterocycles. The van der Waals surface area contributed by atoms with Crippen molar-refractivity contribution in [3.8, 4) is 43.1 Å². The minimum Gasteiger partial charge on any atom is -0.143 e. The molecular formula is C26H18S2. The van der Waals surface area contributed by atoms with E-state index in [9.17, 15) is 0 Å². The number of thiophene rings is 2. The van der Waals surface area contributed by atoms with Crippen molar-refractivity contribution in [2.45, 2.75) is 0 Å². The standard InChI is InChI=1S/C26H18S2/c1-3-8-19(9-4-1)23-15-25(27-17-23)21-12-7-13-22(14-21)26-16-24(18-28-26)20-10-5-2-6-11-20/h1-18H. The van der Waals surface area contributed by atoms with Crippen molar-refractivity contribution in [3.63, 3.8) is 0 Å². The summed E-state index contributed by atoms with van der Waals surface area (Å²) in [6.07, 6.45) is 0. The predicted molar refractivity (Wildman–Crippen MR) is 124 cm³/mol. The quantitative estimate of drug-likeness (QED) is 0.287. The van der Waals surface area contributed by atoms with Gasteiger partial charge < -0.3 is 0 Å². The summed E-state index contributed by atoms with van der Waals surface area (Å²) >= 11 is 3.61. The van der Waals surface area contributed by atoms with E-state index in [1.165, 1.54) is 43.1 Å². The number of rotatable bonds is 4. The van der Waals surface area contributed by atoms with Crippen LogP contribution in [0.4, 0.5) is 0 Å². The van der Waals surface area contributed by atoms with Crippen LogP contribution in [-0.2, 0) is 0 Å². The number of benzene rings is 3. The molecule has 0 aliphatic rings.